The van der Waals surface area contributed by atoms with Crippen molar-refractivity contribution in [3.63, 3.8) is 0 Å². The number of Topliss-reactive ketones (excluding diaryl/α,β-unsaturated/α-hetero) is 2. The Bertz CT molecular complexity index is 629. The summed E-state index contributed by atoms with van der Waals surface area (Å²) in [6.07, 6.45) is 6.36. The van der Waals surface area contributed by atoms with Gasteiger partial charge >= 0.3 is 0 Å². The first-order valence-corrected chi connectivity index (χ1v) is 9.14. The molecule has 4 heteroatoms. The Morgan fingerprint density at radius 2 is 1.80 bits per heavy atom. The molecule has 0 spiro atoms. The van der Waals surface area contributed by atoms with Crippen LogP contribution in [0, 0.1) is 5.92 Å². The molecule has 1 aliphatic rings. The van der Waals surface area contributed by atoms with Crippen LogP contribution >= 0.6 is 0 Å². The molecule has 0 bridgehead atoms. The molecule has 0 aliphatic carbocycles. The summed E-state index contributed by atoms with van der Waals surface area (Å²) in [5, 5.41) is 0. The minimum absolute atomic E-state index is 0.0695. The number of benzene rings is 1. The molecule has 0 saturated heterocycles. The number of ether oxygens (including phenoxy) is 2. The van der Waals surface area contributed by atoms with Crippen molar-refractivity contribution in [3.8, 4) is 11.5 Å². The molecule has 25 heavy (non-hydrogen) atoms. The molecule has 0 aromatic heterocycles. The predicted octanol–water partition coefficient (Wildman–Crippen LogP) is 4.65. The number of rotatable bonds is 10. The lowest BCUT2D eigenvalue weighted by molar-refractivity contribution is -0.132. The van der Waals surface area contributed by atoms with Crippen LogP contribution < -0.4 is 9.47 Å². The van der Waals surface area contributed by atoms with Gasteiger partial charge in [0.05, 0.1) is 5.92 Å². The Morgan fingerprint density at radius 3 is 2.48 bits per heavy atom. The summed E-state index contributed by atoms with van der Waals surface area (Å²) in [6, 6.07) is 6.04. The van der Waals surface area contributed by atoms with E-state index in [4.69, 9.17) is 9.47 Å². The second-order valence-corrected chi connectivity index (χ2v) is 6.51. The van der Waals surface area contributed by atoms with E-state index in [0.29, 0.717) is 26.1 Å². The topological polar surface area (TPSA) is 52.6 Å². The Labute approximate surface area is 150 Å². The first kappa shape index (κ1) is 19.2. The van der Waals surface area contributed by atoms with Crippen molar-refractivity contribution < 1.29 is 19.1 Å². The largest absolute Gasteiger partial charge is 0.454 e. The van der Waals surface area contributed by atoms with Gasteiger partial charge in [0.25, 0.3) is 0 Å². The van der Waals surface area contributed by atoms with Gasteiger partial charge < -0.3 is 9.47 Å². The summed E-state index contributed by atoms with van der Waals surface area (Å²) in [5.41, 5.74) is 2.45. The highest BCUT2D eigenvalue weighted by molar-refractivity contribution is 6.02. The van der Waals surface area contributed by atoms with Gasteiger partial charge in [-0.15, -0.1) is 0 Å². The maximum atomic E-state index is 12.0. The first-order chi connectivity index (χ1) is 12.0. The molecule has 1 heterocycles. The quantitative estimate of drug-likeness (QED) is 0.458. The van der Waals surface area contributed by atoms with Crippen molar-refractivity contribution in [1.29, 1.82) is 0 Å². The predicted molar refractivity (Wildman–Crippen MR) is 98.0 cm³/mol. The van der Waals surface area contributed by atoms with E-state index in [-0.39, 0.29) is 11.6 Å². The van der Waals surface area contributed by atoms with E-state index < -0.39 is 5.92 Å². The highest BCUT2D eigenvalue weighted by atomic mass is 16.7. The van der Waals surface area contributed by atoms with Gasteiger partial charge in [0.2, 0.25) is 6.79 Å². The van der Waals surface area contributed by atoms with E-state index in [1.807, 2.05) is 26.0 Å². The molecule has 1 aromatic rings. The summed E-state index contributed by atoms with van der Waals surface area (Å²) in [5.74, 6) is 1.34. The molecule has 0 radical (unpaired) electrons. The van der Waals surface area contributed by atoms with Crippen LogP contribution in [0.2, 0.25) is 0 Å². The summed E-state index contributed by atoms with van der Waals surface area (Å²) >= 11 is 0. The van der Waals surface area contributed by atoms with E-state index in [0.717, 1.165) is 30.8 Å². The SMILES string of the molecule is CCC(=O)C(CCC(C)=CCCc1ccc2c(c1)OCO2)C(=O)CC. The molecule has 0 unspecified atom stereocenters. The smallest absolute Gasteiger partial charge is 0.231 e. The monoisotopic (exact) mass is 344 g/mol. The summed E-state index contributed by atoms with van der Waals surface area (Å²) in [6.45, 7) is 6.02. The van der Waals surface area contributed by atoms with Crippen LogP contribution in [-0.2, 0) is 16.0 Å². The van der Waals surface area contributed by atoms with E-state index in [1.165, 1.54) is 11.1 Å². The molecule has 1 aliphatic heterocycles. The highest BCUT2D eigenvalue weighted by Gasteiger charge is 2.23. The van der Waals surface area contributed by atoms with Crippen LogP contribution in [0.25, 0.3) is 0 Å². The lowest BCUT2D eigenvalue weighted by Gasteiger charge is -2.13. The lowest BCUT2D eigenvalue weighted by atomic mass is 9.89. The molecule has 1 aromatic carbocycles. The fraction of sp³-hybridized carbons (Fsp3) is 0.524. The highest BCUT2D eigenvalue weighted by Crippen LogP contribution is 2.32. The molecule has 0 saturated carbocycles. The van der Waals surface area contributed by atoms with Gasteiger partial charge in [-0.1, -0.05) is 31.6 Å². The van der Waals surface area contributed by atoms with Gasteiger partial charge in [-0.2, -0.15) is 0 Å². The summed E-state index contributed by atoms with van der Waals surface area (Å²) in [7, 11) is 0. The Balaban J connectivity index is 1.82. The minimum Gasteiger partial charge on any atom is -0.454 e. The van der Waals surface area contributed by atoms with Crippen molar-refractivity contribution in [2.75, 3.05) is 6.79 Å². The number of aryl methyl sites for hydroxylation is 1. The zero-order valence-electron chi connectivity index (χ0n) is 15.5. The molecule has 0 fully saturated rings. The molecule has 0 N–H and O–H groups in total. The number of ketones is 2. The van der Waals surface area contributed by atoms with Gasteiger partial charge in [-0.25, -0.2) is 0 Å². The zero-order valence-corrected chi connectivity index (χ0v) is 15.5. The van der Waals surface area contributed by atoms with Crippen LogP contribution in [0.15, 0.2) is 29.8 Å². The van der Waals surface area contributed by atoms with Crippen molar-refractivity contribution in [3.05, 3.63) is 35.4 Å². The molecular formula is C21H28O4. The first-order valence-electron chi connectivity index (χ1n) is 9.14. The molecule has 2 rings (SSSR count). The third kappa shape index (κ3) is 5.45. The van der Waals surface area contributed by atoms with Gasteiger partial charge in [0, 0.05) is 12.8 Å². The third-order valence-corrected chi connectivity index (χ3v) is 4.66. The number of fused-ring (bicyclic) bond motifs is 1. The fourth-order valence-corrected chi connectivity index (χ4v) is 3.05. The second-order valence-electron chi connectivity index (χ2n) is 6.51. The van der Waals surface area contributed by atoms with Crippen LogP contribution in [-0.4, -0.2) is 18.4 Å². The van der Waals surface area contributed by atoms with Crippen LogP contribution in [0.3, 0.4) is 0 Å². The lowest BCUT2D eigenvalue weighted by Crippen LogP contribution is -2.23. The number of hydrogen-bond donors (Lipinski definition) is 0. The molecule has 4 nitrogen and oxygen atoms in total. The van der Waals surface area contributed by atoms with E-state index in [2.05, 4.69) is 19.1 Å². The summed E-state index contributed by atoms with van der Waals surface area (Å²) < 4.78 is 10.7. The normalized spacial score (nSPS) is 13.4. The number of allylic oxidation sites excluding steroid dienone is 2. The molecule has 136 valence electrons. The van der Waals surface area contributed by atoms with Crippen molar-refractivity contribution in [2.24, 2.45) is 5.92 Å². The van der Waals surface area contributed by atoms with Gasteiger partial charge in [0.1, 0.15) is 11.6 Å². The van der Waals surface area contributed by atoms with E-state index in [1.54, 1.807) is 0 Å². The Kier molecular flexibility index (Phi) is 7.23. The average molecular weight is 344 g/mol. The standard InChI is InChI=1S/C21H28O4/c1-4-18(22)17(19(23)5-2)11-9-15(3)7-6-8-16-10-12-20-21(13-16)25-14-24-20/h7,10,12-13,17H,4-6,8-9,11,14H2,1-3H3. The average Bonchev–Trinajstić information content (AvgIpc) is 3.09. The molecule has 0 amide bonds. The molecule has 0 atom stereocenters. The van der Waals surface area contributed by atoms with Gasteiger partial charge in [0.15, 0.2) is 11.5 Å². The number of carbonyl (C=O) groups is 2. The van der Waals surface area contributed by atoms with Gasteiger partial charge in [-0.05, 0) is 50.3 Å². The van der Waals surface area contributed by atoms with Crippen LogP contribution in [0.4, 0.5) is 0 Å². The van der Waals surface area contributed by atoms with Crippen molar-refractivity contribution in [2.45, 2.75) is 59.3 Å². The maximum absolute atomic E-state index is 12.0. The van der Waals surface area contributed by atoms with Gasteiger partial charge in [-0.3, -0.25) is 9.59 Å². The van der Waals surface area contributed by atoms with Crippen molar-refractivity contribution >= 4 is 11.6 Å². The van der Waals surface area contributed by atoms with Crippen molar-refractivity contribution in [1.82, 2.24) is 0 Å². The maximum Gasteiger partial charge on any atom is 0.231 e. The number of carbonyl (C=O) groups excluding carboxylic acids is 2. The number of hydrogen-bond acceptors (Lipinski definition) is 4. The Morgan fingerprint density at radius 1 is 1.12 bits per heavy atom. The van der Waals surface area contributed by atoms with Crippen LogP contribution in [0.1, 0.15) is 58.4 Å². The fourth-order valence-electron chi connectivity index (χ4n) is 3.05. The molecular weight excluding hydrogens is 316 g/mol. The second kappa shape index (κ2) is 9.40. The third-order valence-electron chi connectivity index (χ3n) is 4.66. The minimum atomic E-state index is -0.424. The van der Waals surface area contributed by atoms with Crippen LogP contribution in [0.5, 0.6) is 11.5 Å². The Hall–Kier alpha value is -2.10. The summed E-state index contributed by atoms with van der Waals surface area (Å²) in [4.78, 5) is 23.9. The van der Waals surface area contributed by atoms with E-state index in [9.17, 15) is 9.59 Å². The zero-order chi connectivity index (χ0) is 18.2. The van der Waals surface area contributed by atoms with E-state index >= 15 is 0 Å².